The number of benzene rings is 1. The number of carbonyl (C=O) groups excluding carboxylic acids is 2. The van der Waals surface area contributed by atoms with Crippen LogP contribution >= 0.6 is 0 Å². The SMILES string of the molecule is CC(C)(C)OC(=O)N1CC(C(=O)c2cc(C(F)(F)F)cc(C(F)(F)F)c2)C1. The van der Waals surface area contributed by atoms with E-state index in [4.69, 9.17) is 4.74 Å². The van der Waals surface area contributed by atoms with Crippen molar-refractivity contribution in [2.24, 2.45) is 5.92 Å². The maximum Gasteiger partial charge on any atom is 0.416 e. The summed E-state index contributed by atoms with van der Waals surface area (Å²) in [7, 11) is 0. The van der Waals surface area contributed by atoms with Crippen molar-refractivity contribution >= 4 is 11.9 Å². The number of nitrogens with zero attached hydrogens (tertiary/aromatic N) is 1. The van der Waals surface area contributed by atoms with E-state index in [2.05, 4.69) is 0 Å². The molecule has 10 heteroatoms. The highest BCUT2D eigenvalue weighted by molar-refractivity contribution is 5.99. The number of halogens is 6. The molecule has 0 radical (unpaired) electrons. The van der Waals surface area contributed by atoms with Gasteiger partial charge in [-0.05, 0) is 39.0 Å². The lowest BCUT2D eigenvalue weighted by atomic mass is 9.89. The largest absolute Gasteiger partial charge is 0.444 e. The van der Waals surface area contributed by atoms with Crippen LogP contribution in [0.2, 0.25) is 0 Å². The predicted octanol–water partition coefficient (Wildman–Crippen LogP) is 4.77. The van der Waals surface area contributed by atoms with Gasteiger partial charge in [0.05, 0.1) is 17.0 Å². The minimum absolute atomic E-state index is 0.0371. The summed E-state index contributed by atoms with van der Waals surface area (Å²) in [6.07, 6.45) is -10.8. The van der Waals surface area contributed by atoms with Crippen LogP contribution in [-0.2, 0) is 17.1 Å². The molecule has 1 aromatic carbocycles. The van der Waals surface area contributed by atoms with Crippen LogP contribution in [0.25, 0.3) is 0 Å². The second kappa shape index (κ2) is 6.72. The van der Waals surface area contributed by atoms with Gasteiger partial charge in [-0.2, -0.15) is 26.3 Å². The smallest absolute Gasteiger partial charge is 0.416 e. The summed E-state index contributed by atoms with van der Waals surface area (Å²) in [6, 6.07) is 0.756. The molecule has 1 amide bonds. The number of ketones is 1. The number of alkyl halides is 6. The molecule has 0 bridgehead atoms. The molecule has 1 fully saturated rings. The Bertz CT molecular complexity index is 710. The first kappa shape index (κ1) is 21.0. The van der Waals surface area contributed by atoms with Crippen LogP contribution in [0, 0.1) is 5.92 Å². The molecule has 1 saturated heterocycles. The number of ether oxygens (including phenoxy) is 1. The van der Waals surface area contributed by atoms with E-state index in [-0.39, 0.29) is 19.2 Å². The molecule has 1 aromatic rings. The fourth-order valence-electron chi connectivity index (χ4n) is 2.45. The number of hydrogen-bond donors (Lipinski definition) is 0. The Morgan fingerprint density at radius 1 is 0.926 bits per heavy atom. The van der Waals surface area contributed by atoms with E-state index in [1.54, 1.807) is 20.8 Å². The molecule has 0 spiro atoms. The van der Waals surface area contributed by atoms with Crippen molar-refractivity contribution in [1.82, 2.24) is 4.90 Å². The molecule has 1 aliphatic heterocycles. The molecular formula is C17H17F6NO3. The normalized spacial score (nSPS) is 16.1. The molecule has 2 rings (SSSR count). The molecule has 0 aromatic heterocycles. The summed E-state index contributed by atoms with van der Waals surface area (Å²) in [5.74, 6) is -1.77. The molecule has 0 saturated carbocycles. The van der Waals surface area contributed by atoms with Crippen molar-refractivity contribution in [3.05, 3.63) is 34.9 Å². The van der Waals surface area contributed by atoms with E-state index < -0.39 is 52.4 Å². The van der Waals surface area contributed by atoms with Gasteiger partial charge in [-0.25, -0.2) is 4.79 Å². The summed E-state index contributed by atoms with van der Waals surface area (Å²) < 4.78 is 82.3. The Labute approximate surface area is 151 Å². The first-order valence-corrected chi connectivity index (χ1v) is 7.89. The molecule has 150 valence electrons. The Balaban J connectivity index is 2.19. The van der Waals surface area contributed by atoms with Crippen molar-refractivity contribution in [2.75, 3.05) is 13.1 Å². The van der Waals surface area contributed by atoms with E-state index in [9.17, 15) is 35.9 Å². The van der Waals surface area contributed by atoms with Crippen LogP contribution in [0.3, 0.4) is 0 Å². The van der Waals surface area contributed by atoms with Crippen LogP contribution in [0.5, 0.6) is 0 Å². The van der Waals surface area contributed by atoms with Crippen LogP contribution in [0.15, 0.2) is 18.2 Å². The van der Waals surface area contributed by atoms with Gasteiger partial charge in [0.25, 0.3) is 0 Å². The molecule has 1 heterocycles. The molecule has 27 heavy (non-hydrogen) atoms. The number of likely N-dealkylation sites (tertiary alicyclic amines) is 1. The molecule has 0 atom stereocenters. The van der Waals surface area contributed by atoms with Crippen molar-refractivity contribution in [1.29, 1.82) is 0 Å². The van der Waals surface area contributed by atoms with Gasteiger partial charge in [0, 0.05) is 18.7 Å². The average Bonchev–Trinajstić information content (AvgIpc) is 2.41. The van der Waals surface area contributed by atoms with E-state index in [0.717, 1.165) is 4.90 Å². The lowest BCUT2D eigenvalue weighted by Crippen LogP contribution is -2.54. The summed E-state index contributed by atoms with van der Waals surface area (Å²) in [4.78, 5) is 25.3. The zero-order chi connectivity index (χ0) is 20.8. The van der Waals surface area contributed by atoms with Crippen LogP contribution in [-0.4, -0.2) is 35.5 Å². The highest BCUT2D eigenvalue weighted by Crippen LogP contribution is 2.37. The van der Waals surface area contributed by atoms with Crippen LogP contribution in [0.1, 0.15) is 42.3 Å². The quantitative estimate of drug-likeness (QED) is 0.533. The maximum atomic E-state index is 12.9. The second-order valence-corrected chi connectivity index (χ2v) is 7.24. The fourth-order valence-corrected chi connectivity index (χ4v) is 2.45. The van der Waals surface area contributed by atoms with E-state index in [1.807, 2.05) is 0 Å². The van der Waals surface area contributed by atoms with Crippen molar-refractivity contribution in [3.8, 4) is 0 Å². The molecule has 0 unspecified atom stereocenters. The summed E-state index contributed by atoms with van der Waals surface area (Å²) >= 11 is 0. The van der Waals surface area contributed by atoms with Crippen molar-refractivity contribution < 1.29 is 40.7 Å². The third-order valence-corrected chi connectivity index (χ3v) is 3.78. The number of rotatable bonds is 2. The van der Waals surface area contributed by atoms with Gasteiger partial charge in [0.1, 0.15) is 5.60 Å². The average molecular weight is 397 g/mol. The third kappa shape index (κ3) is 5.14. The molecule has 0 aliphatic carbocycles. The summed E-state index contributed by atoms with van der Waals surface area (Å²) in [5.41, 5.74) is -4.56. The Kier molecular flexibility index (Phi) is 5.24. The van der Waals surface area contributed by atoms with Crippen LogP contribution in [0.4, 0.5) is 31.1 Å². The lowest BCUT2D eigenvalue weighted by Gasteiger charge is -2.39. The maximum absolute atomic E-state index is 12.9. The number of carbonyl (C=O) groups is 2. The van der Waals surface area contributed by atoms with Crippen molar-refractivity contribution in [3.63, 3.8) is 0 Å². The van der Waals surface area contributed by atoms with Gasteiger partial charge in [-0.15, -0.1) is 0 Å². The van der Waals surface area contributed by atoms with Crippen LogP contribution < -0.4 is 0 Å². The van der Waals surface area contributed by atoms with Gasteiger partial charge < -0.3 is 9.64 Å². The molecular weight excluding hydrogens is 380 g/mol. The molecule has 4 nitrogen and oxygen atoms in total. The first-order chi connectivity index (χ1) is 12.1. The van der Waals surface area contributed by atoms with Gasteiger partial charge >= 0.3 is 18.4 Å². The van der Waals surface area contributed by atoms with E-state index in [1.165, 1.54) is 0 Å². The van der Waals surface area contributed by atoms with Gasteiger partial charge in [-0.1, -0.05) is 0 Å². The monoisotopic (exact) mass is 397 g/mol. The Hall–Kier alpha value is -2.26. The molecule has 1 aliphatic rings. The zero-order valence-corrected chi connectivity index (χ0v) is 14.7. The summed E-state index contributed by atoms with van der Waals surface area (Å²) in [6.45, 7) is 4.63. The van der Waals surface area contributed by atoms with Crippen molar-refractivity contribution in [2.45, 2.75) is 38.7 Å². The predicted molar refractivity (Wildman–Crippen MR) is 82.1 cm³/mol. The minimum atomic E-state index is -5.03. The number of amides is 1. The highest BCUT2D eigenvalue weighted by atomic mass is 19.4. The van der Waals surface area contributed by atoms with Gasteiger partial charge in [0.2, 0.25) is 0 Å². The first-order valence-electron chi connectivity index (χ1n) is 7.89. The lowest BCUT2D eigenvalue weighted by molar-refractivity contribution is -0.143. The highest BCUT2D eigenvalue weighted by Gasteiger charge is 2.41. The van der Waals surface area contributed by atoms with E-state index >= 15 is 0 Å². The standard InChI is InChI=1S/C17H17F6NO3/c1-15(2,3)27-14(26)24-7-10(8-24)13(25)9-4-11(16(18,19)20)6-12(5-9)17(21,22)23/h4-6,10H,7-8H2,1-3H3. The van der Waals surface area contributed by atoms with Gasteiger partial charge in [-0.3, -0.25) is 4.79 Å². The third-order valence-electron chi connectivity index (χ3n) is 3.78. The second-order valence-electron chi connectivity index (χ2n) is 7.24. The Morgan fingerprint density at radius 3 is 1.74 bits per heavy atom. The topological polar surface area (TPSA) is 46.6 Å². The molecule has 0 N–H and O–H groups in total. The van der Waals surface area contributed by atoms with Gasteiger partial charge in [0.15, 0.2) is 5.78 Å². The fraction of sp³-hybridized carbons (Fsp3) is 0.529. The zero-order valence-electron chi connectivity index (χ0n) is 14.7. The number of hydrogen-bond acceptors (Lipinski definition) is 3. The minimum Gasteiger partial charge on any atom is -0.444 e. The Morgan fingerprint density at radius 2 is 1.37 bits per heavy atom. The number of Topliss-reactive ketones (excluding diaryl/α,β-unsaturated/α-hetero) is 1. The summed E-state index contributed by atoms with van der Waals surface area (Å²) in [5, 5.41) is 0. The van der Waals surface area contributed by atoms with E-state index in [0.29, 0.717) is 12.1 Å².